The molecule has 0 N–H and O–H groups in total. The van der Waals surface area contributed by atoms with Gasteiger partial charge in [0.2, 0.25) is 0 Å². The smallest absolute Gasteiger partial charge is 0.167 e. The molecule has 0 saturated heterocycles. The molecule has 0 radical (unpaired) electrons. The van der Waals surface area contributed by atoms with Crippen molar-refractivity contribution in [1.82, 2.24) is 0 Å². The fourth-order valence-corrected chi connectivity index (χ4v) is 3.57. The van der Waals surface area contributed by atoms with E-state index in [2.05, 4.69) is 33.8 Å². The Balaban J connectivity index is 2.31. The molecule has 1 aromatic rings. The van der Waals surface area contributed by atoms with Crippen molar-refractivity contribution in [1.29, 1.82) is 0 Å². The molecule has 0 spiro atoms. The number of ether oxygens (including phenoxy) is 1. The molecule has 0 heterocycles. The van der Waals surface area contributed by atoms with Crippen LogP contribution in [0.5, 0.6) is 5.75 Å². The summed E-state index contributed by atoms with van der Waals surface area (Å²) in [5.74, 6) is 0.959. The predicted octanol–water partition coefficient (Wildman–Crippen LogP) is 4.57. The summed E-state index contributed by atoms with van der Waals surface area (Å²) in [6.45, 7) is 10.7. The molecular weight excluding hydrogens is 260 g/mol. The summed E-state index contributed by atoms with van der Waals surface area (Å²) in [5, 5.41) is 0. The fraction of sp³-hybridized carbons (Fsp3) is 0.632. The van der Waals surface area contributed by atoms with Gasteiger partial charge in [-0.25, -0.2) is 0 Å². The monoisotopic (exact) mass is 288 g/mol. The minimum atomic E-state index is 0.0697. The second-order valence-electron chi connectivity index (χ2n) is 6.99. The van der Waals surface area contributed by atoms with Crippen molar-refractivity contribution in [3.05, 3.63) is 28.3 Å². The average Bonchev–Trinajstić information content (AvgIpc) is 2.42. The summed E-state index contributed by atoms with van der Waals surface area (Å²) >= 11 is 0. The number of fused-ring (bicyclic) bond motifs is 1. The first kappa shape index (κ1) is 16.1. The lowest BCUT2D eigenvalue weighted by Gasteiger charge is -2.36. The van der Waals surface area contributed by atoms with Crippen molar-refractivity contribution in [3.8, 4) is 5.75 Å². The SMILES string of the molecule is CCC[C@@]1(C)CCc2cc(OCC(C)=O)c(C)c(C)c2C1. The molecule has 0 unspecified atom stereocenters. The maximum atomic E-state index is 11.1. The number of Topliss-reactive ketones (excluding diaryl/α,β-unsaturated/α-hetero) is 1. The molecule has 0 aliphatic heterocycles. The molecule has 1 aromatic carbocycles. The van der Waals surface area contributed by atoms with Gasteiger partial charge in [-0.3, -0.25) is 4.79 Å². The zero-order valence-electron chi connectivity index (χ0n) is 14.1. The van der Waals surface area contributed by atoms with E-state index in [0.717, 1.165) is 12.2 Å². The second-order valence-corrected chi connectivity index (χ2v) is 6.99. The van der Waals surface area contributed by atoms with E-state index in [9.17, 15) is 4.79 Å². The number of hydrogen-bond acceptors (Lipinski definition) is 2. The first-order chi connectivity index (χ1) is 9.86. The summed E-state index contributed by atoms with van der Waals surface area (Å²) in [6.07, 6.45) is 6.11. The first-order valence-electron chi connectivity index (χ1n) is 8.10. The minimum Gasteiger partial charge on any atom is -0.486 e. The van der Waals surface area contributed by atoms with Gasteiger partial charge in [-0.1, -0.05) is 20.3 Å². The van der Waals surface area contributed by atoms with Gasteiger partial charge in [-0.15, -0.1) is 0 Å². The van der Waals surface area contributed by atoms with Crippen LogP contribution in [0.2, 0.25) is 0 Å². The van der Waals surface area contributed by atoms with Gasteiger partial charge in [0, 0.05) is 0 Å². The molecular formula is C19H28O2. The lowest BCUT2D eigenvalue weighted by molar-refractivity contribution is -0.118. The summed E-state index contributed by atoms with van der Waals surface area (Å²) in [7, 11) is 0. The van der Waals surface area contributed by atoms with Crippen LogP contribution < -0.4 is 4.74 Å². The maximum absolute atomic E-state index is 11.1. The number of aryl methyl sites for hydroxylation is 1. The highest BCUT2D eigenvalue weighted by molar-refractivity contribution is 5.77. The highest BCUT2D eigenvalue weighted by Gasteiger charge is 2.30. The first-order valence-corrected chi connectivity index (χ1v) is 8.10. The molecule has 0 saturated carbocycles. The van der Waals surface area contributed by atoms with E-state index in [0.29, 0.717) is 5.41 Å². The Morgan fingerprint density at radius 3 is 2.67 bits per heavy atom. The van der Waals surface area contributed by atoms with Crippen molar-refractivity contribution in [2.45, 2.75) is 66.7 Å². The molecule has 0 fully saturated rings. The highest BCUT2D eigenvalue weighted by atomic mass is 16.5. The Morgan fingerprint density at radius 2 is 2.05 bits per heavy atom. The Labute approximate surface area is 128 Å². The number of benzene rings is 1. The molecule has 1 aliphatic carbocycles. The van der Waals surface area contributed by atoms with E-state index in [1.807, 2.05) is 0 Å². The van der Waals surface area contributed by atoms with Crippen LogP contribution in [0.1, 0.15) is 62.3 Å². The zero-order chi connectivity index (χ0) is 15.6. The van der Waals surface area contributed by atoms with Crippen LogP contribution in [-0.2, 0) is 17.6 Å². The lowest BCUT2D eigenvalue weighted by Crippen LogP contribution is -2.26. The number of ketones is 1. The number of hydrogen-bond donors (Lipinski definition) is 0. The van der Waals surface area contributed by atoms with Crippen LogP contribution in [0, 0.1) is 19.3 Å². The van der Waals surface area contributed by atoms with Crippen LogP contribution in [0.4, 0.5) is 0 Å². The molecule has 1 atom stereocenters. The summed E-state index contributed by atoms with van der Waals surface area (Å²) in [4.78, 5) is 11.1. The Bertz CT molecular complexity index is 545. The third-order valence-electron chi connectivity index (χ3n) is 4.96. The summed E-state index contributed by atoms with van der Waals surface area (Å²) in [6, 6.07) is 2.17. The van der Waals surface area contributed by atoms with Crippen LogP contribution in [0.15, 0.2) is 6.07 Å². The summed E-state index contributed by atoms with van der Waals surface area (Å²) in [5.41, 5.74) is 5.93. The topological polar surface area (TPSA) is 26.3 Å². The van der Waals surface area contributed by atoms with Crippen LogP contribution in [-0.4, -0.2) is 12.4 Å². The van der Waals surface area contributed by atoms with E-state index in [4.69, 9.17) is 4.74 Å². The maximum Gasteiger partial charge on any atom is 0.167 e. The van der Waals surface area contributed by atoms with E-state index in [1.165, 1.54) is 47.9 Å². The molecule has 0 amide bonds. The minimum absolute atomic E-state index is 0.0697. The molecule has 0 bridgehead atoms. The van der Waals surface area contributed by atoms with Gasteiger partial charge in [0.1, 0.15) is 12.4 Å². The van der Waals surface area contributed by atoms with Crippen molar-refractivity contribution in [3.63, 3.8) is 0 Å². The Morgan fingerprint density at radius 1 is 1.33 bits per heavy atom. The number of carbonyl (C=O) groups is 1. The standard InChI is InChI=1S/C19H28O2/c1-6-8-19(5)9-7-16-10-18(21-12-13(2)20)15(4)14(3)17(16)11-19/h10H,6-9,11-12H2,1-5H3/t19-/m0/s1. The van der Waals surface area contributed by atoms with Crippen molar-refractivity contribution in [2.75, 3.05) is 6.61 Å². The van der Waals surface area contributed by atoms with Crippen LogP contribution in [0.3, 0.4) is 0 Å². The molecule has 2 rings (SSSR count). The normalized spacial score (nSPS) is 21.0. The fourth-order valence-electron chi connectivity index (χ4n) is 3.57. The van der Waals surface area contributed by atoms with Gasteiger partial charge >= 0.3 is 0 Å². The second kappa shape index (κ2) is 6.21. The van der Waals surface area contributed by atoms with Crippen molar-refractivity contribution >= 4 is 5.78 Å². The molecule has 0 aromatic heterocycles. The zero-order valence-corrected chi connectivity index (χ0v) is 14.1. The lowest BCUT2D eigenvalue weighted by atomic mass is 9.69. The summed E-state index contributed by atoms with van der Waals surface area (Å²) < 4.78 is 5.70. The van der Waals surface area contributed by atoms with E-state index in [1.54, 1.807) is 6.92 Å². The largest absolute Gasteiger partial charge is 0.486 e. The molecule has 1 aliphatic rings. The van der Waals surface area contributed by atoms with Gasteiger partial charge in [0.15, 0.2) is 5.78 Å². The van der Waals surface area contributed by atoms with Gasteiger partial charge in [0.25, 0.3) is 0 Å². The molecule has 21 heavy (non-hydrogen) atoms. The van der Waals surface area contributed by atoms with E-state index in [-0.39, 0.29) is 12.4 Å². The van der Waals surface area contributed by atoms with Crippen molar-refractivity contribution < 1.29 is 9.53 Å². The van der Waals surface area contributed by atoms with Crippen molar-refractivity contribution in [2.24, 2.45) is 5.41 Å². The predicted molar refractivity (Wildman–Crippen MR) is 87.1 cm³/mol. The van der Waals surface area contributed by atoms with Gasteiger partial charge in [-0.05, 0) is 80.2 Å². The molecule has 2 nitrogen and oxygen atoms in total. The Kier molecular flexibility index (Phi) is 4.75. The number of rotatable bonds is 5. The van der Waals surface area contributed by atoms with Crippen LogP contribution in [0.25, 0.3) is 0 Å². The van der Waals surface area contributed by atoms with E-state index < -0.39 is 0 Å². The number of carbonyl (C=O) groups excluding carboxylic acids is 1. The van der Waals surface area contributed by atoms with E-state index >= 15 is 0 Å². The Hall–Kier alpha value is -1.31. The van der Waals surface area contributed by atoms with Gasteiger partial charge in [0.05, 0.1) is 0 Å². The molecule has 2 heteroatoms. The van der Waals surface area contributed by atoms with Gasteiger partial charge in [-0.2, -0.15) is 0 Å². The highest BCUT2D eigenvalue weighted by Crippen LogP contribution is 2.42. The quantitative estimate of drug-likeness (QED) is 0.793. The van der Waals surface area contributed by atoms with Gasteiger partial charge < -0.3 is 4.74 Å². The average molecular weight is 288 g/mol. The molecule has 116 valence electrons. The van der Waals surface area contributed by atoms with Crippen LogP contribution >= 0.6 is 0 Å². The third kappa shape index (κ3) is 3.48. The third-order valence-corrected chi connectivity index (χ3v) is 4.96.